The van der Waals surface area contributed by atoms with Crippen molar-refractivity contribution in [2.45, 2.75) is 20.4 Å². The number of halogens is 1. The van der Waals surface area contributed by atoms with E-state index in [-0.39, 0.29) is 24.0 Å². The first-order chi connectivity index (χ1) is 11.2. The van der Waals surface area contributed by atoms with Crippen molar-refractivity contribution in [3.63, 3.8) is 0 Å². The zero-order chi connectivity index (χ0) is 16.9. The zero-order valence-electron chi connectivity index (χ0n) is 15.1. The molecule has 0 aliphatic heterocycles. The maximum Gasteiger partial charge on any atom is 0.191 e. The third-order valence-electron chi connectivity index (χ3n) is 3.12. The fourth-order valence-electron chi connectivity index (χ4n) is 1.94. The number of rotatable bonds is 10. The number of guanidine groups is 1. The predicted molar refractivity (Wildman–Crippen MR) is 115 cm³/mol. The van der Waals surface area contributed by atoms with Gasteiger partial charge in [0.2, 0.25) is 0 Å². The molecule has 0 fully saturated rings. The van der Waals surface area contributed by atoms with Crippen LogP contribution in [0.2, 0.25) is 0 Å². The van der Waals surface area contributed by atoms with Crippen molar-refractivity contribution in [2.75, 3.05) is 45.4 Å². The summed E-state index contributed by atoms with van der Waals surface area (Å²) >= 11 is 1.81. The smallest absolute Gasteiger partial charge is 0.191 e. The van der Waals surface area contributed by atoms with Crippen LogP contribution in [-0.4, -0.2) is 51.4 Å². The van der Waals surface area contributed by atoms with Crippen LogP contribution in [0.5, 0.6) is 5.75 Å². The molecule has 1 aromatic carbocycles. The number of hydrogen-bond acceptors (Lipinski definition) is 4. The van der Waals surface area contributed by atoms with Crippen molar-refractivity contribution in [1.82, 2.24) is 10.6 Å². The molecule has 1 aromatic rings. The molecule has 0 radical (unpaired) electrons. The molecule has 1 rings (SSSR count). The van der Waals surface area contributed by atoms with Crippen LogP contribution in [0.15, 0.2) is 23.2 Å². The summed E-state index contributed by atoms with van der Waals surface area (Å²) in [5, 5.41) is 6.60. The third-order valence-corrected chi connectivity index (χ3v) is 3.73. The quantitative estimate of drug-likeness (QED) is 0.240. The van der Waals surface area contributed by atoms with Crippen molar-refractivity contribution < 1.29 is 9.47 Å². The molecule has 0 saturated heterocycles. The van der Waals surface area contributed by atoms with Crippen molar-refractivity contribution in [2.24, 2.45) is 4.99 Å². The second kappa shape index (κ2) is 14.7. The van der Waals surface area contributed by atoms with E-state index < -0.39 is 0 Å². The molecule has 0 spiro atoms. The van der Waals surface area contributed by atoms with E-state index in [4.69, 9.17) is 9.47 Å². The molecule has 0 unspecified atom stereocenters. The van der Waals surface area contributed by atoms with Crippen molar-refractivity contribution in [3.8, 4) is 5.75 Å². The Labute approximate surface area is 167 Å². The highest BCUT2D eigenvalue weighted by Crippen LogP contribution is 2.21. The lowest BCUT2D eigenvalue weighted by atomic mass is 10.1. The molecule has 2 N–H and O–H groups in total. The fourth-order valence-corrected chi connectivity index (χ4v) is 2.25. The lowest BCUT2D eigenvalue weighted by molar-refractivity contribution is 0.146. The van der Waals surface area contributed by atoms with Crippen LogP contribution < -0.4 is 15.4 Å². The first-order valence-corrected chi connectivity index (χ1v) is 9.33. The lowest BCUT2D eigenvalue weighted by Gasteiger charge is -2.13. The highest BCUT2D eigenvalue weighted by Gasteiger charge is 2.05. The van der Waals surface area contributed by atoms with Gasteiger partial charge in [-0.15, -0.1) is 24.0 Å². The van der Waals surface area contributed by atoms with Gasteiger partial charge in [0, 0.05) is 31.5 Å². The summed E-state index contributed by atoms with van der Waals surface area (Å²) in [6, 6.07) is 6.21. The Kier molecular flexibility index (Phi) is 14.2. The maximum atomic E-state index is 5.81. The molecule has 0 bridgehead atoms. The molecule has 0 atom stereocenters. The summed E-state index contributed by atoms with van der Waals surface area (Å²) in [4.78, 5) is 4.65. The minimum absolute atomic E-state index is 0. The third kappa shape index (κ3) is 9.58. The van der Waals surface area contributed by atoms with E-state index in [1.54, 1.807) is 7.11 Å². The van der Waals surface area contributed by atoms with Crippen molar-refractivity contribution >= 4 is 41.7 Å². The monoisotopic (exact) mass is 467 g/mol. The van der Waals surface area contributed by atoms with Gasteiger partial charge in [0.25, 0.3) is 0 Å². The van der Waals surface area contributed by atoms with Gasteiger partial charge in [0.1, 0.15) is 12.4 Å². The fraction of sp³-hybridized carbons (Fsp3) is 0.588. The Bertz CT molecular complexity index is 487. The normalized spacial score (nSPS) is 10.9. The highest BCUT2D eigenvalue weighted by atomic mass is 127. The Morgan fingerprint density at radius 2 is 2.04 bits per heavy atom. The predicted octanol–water partition coefficient (Wildman–Crippen LogP) is 3.06. The van der Waals surface area contributed by atoms with Gasteiger partial charge >= 0.3 is 0 Å². The number of aliphatic imine (C=N–C) groups is 1. The Morgan fingerprint density at radius 3 is 2.71 bits per heavy atom. The number of aryl methyl sites for hydroxylation is 1. The molecule has 0 saturated carbocycles. The number of nitrogens with one attached hydrogen (secondary N) is 2. The molecule has 24 heavy (non-hydrogen) atoms. The number of methoxy groups -OCH3 is 1. The van der Waals surface area contributed by atoms with Gasteiger partial charge in [0.05, 0.1) is 13.2 Å². The van der Waals surface area contributed by atoms with Crippen LogP contribution in [-0.2, 0) is 11.3 Å². The van der Waals surface area contributed by atoms with E-state index in [2.05, 4.69) is 53.9 Å². The molecule has 7 heteroatoms. The average Bonchev–Trinajstić information content (AvgIpc) is 2.54. The zero-order valence-corrected chi connectivity index (χ0v) is 18.2. The molecule has 5 nitrogen and oxygen atoms in total. The van der Waals surface area contributed by atoms with Gasteiger partial charge < -0.3 is 20.1 Å². The lowest BCUT2D eigenvalue weighted by Crippen LogP contribution is -2.38. The number of thioether (sulfide) groups is 1. The average molecular weight is 467 g/mol. The van der Waals surface area contributed by atoms with Crippen LogP contribution in [0.1, 0.15) is 18.1 Å². The van der Waals surface area contributed by atoms with Crippen LogP contribution >= 0.6 is 35.7 Å². The summed E-state index contributed by atoms with van der Waals surface area (Å²) in [6.45, 7) is 7.57. The molecule has 138 valence electrons. The highest BCUT2D eigenvalue weighted by molar-refractivity contribution is 14.0. The largest absolute Gasteiger partial charge is 0.491 e. The van der Waals surface area contributed by atoms with Crippen LogP contribution in [0.25, 0.3) is 0 Å². The second-order valence-corrected chi connectivity index (χ2v) is 6.05. The van der Waals surface area contributed by atoms with Gasteiger partial charge in [-0.05, 0) is 31.7 Å². The summed E-state index contributed by atoms with van der Waals surface area (Å²) in [6.07, 6.45) is 2.10. The Balaban J connectivity index is 0.00000529. The molecule has 0 aliphatic rings. The van der Waals surface area contributed by atoms with Gasteiger partial charge in [-0.25, -0.2) is 4.99 Å². The van der Waals surface area contributed by atoms with E-state index >= 15 is 0 Å². The molecule has 0 amide bonds. The van der Waals surface area contributed by atoms with Crippen molar-refractivity contribution in [3.05, 3.63) is 29.3 Å². The number of benzene rings is 1. The van der Waals surface area contributed by atoms with E-state index in [0.29, 0.717) is 19.8 Å². The van der Waals surface area contributed by atoms with Crippen molar-refractivity contribution in [1.29, 1.82) is 0 Å². The first-order valence-electron chi connectivity index (χ1n) is 7.93. The van der Waals surface area contributed by atoms with E-state index in [1.165, 1.54) is 5.56 Å². The first kappa shape index (κ1) is 23.3. The van der Waals surface area contributed by atoms with Crippen LogP contribution in [0, 0.1) is 6.92 Å². The summed E-state index contributed by atoms with van der Waals surface area (Å²) in [5.41, 5.74) is 2.25. The minimum atomic E-state index is 0. The molecule has 0 heterocycles. The molecular formula is C17H30IN3O2S. The van der Waals surface area contributed by atoms with E-state index in [1.807, 2.05) is 11.8 Å². The van der Waals surface area contributed by atoms with Gasteiger partial charge in [0.15, 0.2) is 5.96 Å². The van der Waals surface area contributed by atoms with Gasteiger partial charge in [-0.2, -0.15) is 11.8 Å². The standard InChI is InChI=1S/C17H29N3O2S.HI/c1-5-18-17(19-8-11-23-4)20-13-15-7-6-14(2)12-16(15)22-10-9-21-3;/h6-7,12H,5,8-11,13H2,1-4H3,(H2,18,19,20);1H. The Hall–Kier alpha value is -0.670. The van der Waals surface area contributed by atoms with E-state index in [0.717, 1.165) is 36.1 Å². The number of hydrogen-bond donors (Lipinski definition) is 2. The maximum absolute atomic E-state index is 5.81. The Morgan fingerprint density at radius 1 is 1.25 bits per heavy atom. The summed E-state index contributed by atoms with van der Waals surface area (Å²) in [5.74, 6) is 2.77. The molecule has 0 aliphatic carbocycles. The van der Waals surface area contributed by atoms with Gasteiger partial charge in [-0.3, -0.25) is 0 Å². The summed E-state index contributed by atoms with van der Waals surface area (Å²) < 4.78 is 10.9. The van der Waals surface area contributed by atoms with Gasteiger partial charge in [-0.1, -0.05) is 12.1 Å². The van der Waals surface area contributed by atoms with Crippen LogP contribution in [0.3, 0.4) is 0 Å². The van der Waals surface area contributed by atoms with Crippen LogP contribution in [0.4, 0.5) is 0 Å². The number of ether oxygens (including phenoxy) is 2. The summed E-state index contributed by atoms with van der Waals surface area (Å²) in [7, 11) is 1.67. The van der Waals surface area contributed by atoms with E-state index in [9.17, 15) is 0 Å². The SMILES string of the molecule is CCNC(=NCc1ccc(C)cc1OCCOC)NCCSC.I. The number of nitrogens with zero attached hydrogens (tertiary/aromatic N) is 1. The topological polar surface area (TPSA) is 54.9 Å². The molecular weight excluding hydrogens is 437 g/mol. The molecule has 0 aromatic heterocycles. The second-order valence-electron chi connectivity index (χ2n) is 5.07. The minimum Gasteiger partial charge on any atom is -0.491 e.